The minimum Gasteiger partial charge on any atom is -0.258 e. The molecular formula is C27H21NO2. The highest BCUT2D eigenvalue weighted by atomic mass is 16.6. The van der Waals surface area contributed by atoms with E-state index in [2.05, 4.69) is 72.8 Å². The number of hydrogen-bond donors (Lipinski definition) is 0. The highest BCUT2D eigenvalue weighted by molar-refractivity contribution is 5.60. The van der Waals surface area contributed by atoms with Crippen molar-refractivity contribution < 1.29 is 4.92 Å². The number of nitro benzene ring substituents is 1. The van der Waals surface area contributed by atoms with Crippen LogP contribution < -0.4 is 0 Å². The topological polar surface area (TPSA) is 43.1 Å². The van der Waals surface area contributed by atoms with Crippen LogP contribution in [-0.2, 0) is 5.41 Å². The van der Waals surface area contributed by atoms with Gasteiger partial charge >= 0.3 is 0 Å². The molecule has 0 spiro atoms. The third-order valence-electron chi connectivity index (χ3n) is 6.32. The van der Waals surface area contributed by atoms with Gasteiger partial charge in [-0.25, -0.2) is 0 Å². The van der Waals surface area contributed by atoms with Gasteiger partial charge in [0.25, 0.3) is 5.69 Å². The Bertz CT molecular complexity index is 1160. The highest BCUT2D eigenvalue weighted by Gasteiger charge is 2.46. The number of nitrogens with zero attached hydrogens (tertiary/aromatic N) is 1. The smallest absolute Gasteiger partial charge is 0.258 e. The molecule has 30 heavy (non-hydrogen) atoms. The van der Waals surface area contributed by atoms with Gasteiger partial charge in [0.05, 0.1) is 4.92 Å². The van der Waals surface area contributed by atoms with Gasteiger partial charge in [0.15, 0.2) is 0 Å². The Morgan fingerprint density at radius 2 is 1.33 bits per heavy atom. The molecule has 0 saturated heterocycles. The zero-order valence-corrected chi connectivity index (χ0v) is 16.4. The van der Waals surface area contributed by atoms with Crippen LogP contribution in [0.4, 0.5) is 5.69 Å². The number of non-ortho nitro benzene ring substituents is 1. The van der Waals surface area contributed by atoms with E-state index in [0.29, 0.717) is 0 Å². The van der Waals surface area contributed by atoms with E-state index in [9.17, 15) is 10.1 Å². The maximum absolute atomic E-state index is 11.4. The molecule has 0 radical (unpaired) electrons. The predicted molar refractivity (Wildman–Crippen MR) is 119 cm³/mol. The van der Waals surface area contributed by atoms with E-state index < -0.39 is 0 Å². The largest absolute Gasteiger partial charge is 0.269 e. The first-order valence-electron chi connectivity index (χ1n) is 10.1. The molecule has 5 rings (SSSR count). The van der Waals surface area contributed by atoms with Crippen LogP contribution in [0.15, 0.2) is 109 Å². The summed E-state index contributed by atoms with van der Waals surface area (Å²) >= 11 is 0. The van der Waals surface area contributed by atoms with Crippen molar-refractivity contribution in [1.82, 2.24) is 0 Å². The van der Waals surface area contributed by atoms with E-state index in [1.807, 2.05) is 18.2 Å². The Balaban J connectivity index is 1.76. The van der Waals surface area contributed by atoms with Crippen molar-refractivity contribution in [3.8, 4) is 0 Å². The van der Waals surface area contributed by atoms with Crippen LogP contribution in [0.1, 0.15) is 40.2 Å². The molecule has 1 aliphatic carbocycles. The molecule has 0 aromatic heterocycles. The SMILES string of the molecule is O=[N+]([O-])c1cccc(C2CC(c3ccccc3)(c3ccccc3)c3ccccc32)c1. The quantitative estimate of drug-likeness (QED) is 0.296. The molecule has 0 fully saturated rings. The van der Waals surface area contributed by atoms with Gasteiger partial charge in [-0.05, 0) is 34.2 Å². The lowest BCUT2D eigenvalue weighted by Gasteiger charge is -2.32. The molecule has 3 nitrogen and oxygen atoms in total. The van der Waals surface area contributed by atoms with Crippen LogP contribution in [0.3, 0.4) is 0 Å². The van der Waals surface area contributed by atoms with Crippen LogP contribution in [0, 0.1) is 10.1 Å². The number of hydrogen-bond acceptors (Lipinski definition) is 2. The lowest BCUT2D eigenvalue weighted by atomic mass is 9.69. The molecule has 0 heterocycles. The van der Waals surface area contributed by atoms with Crippen molar-refractivity contribution in [2.45, 2.75) is 17.8 Å². The normalized spacial score (nSPS) is 16.7. The summed E-state index contributed by atoms with van der Waals surface area (Å²) in [7, 11) is 0. The van der Waals surface area contributed by atoms with E-state index in [1.54, 1.807) is 18.2 Å². The molecule has 0 amide bonds. The van der Waals surface area contributed by atoms with Gasteiger partial charge in [0.2, 0.25) is 0 Å². The minimum atomic E-state index is -0.313. The van der Waals surface area contributed by atoms with Crippen LogP contribution >= 0.6 is 0 Å². The number of benzene rings is 4. The van der Waals surface area contributed by atoms with Crippen molar-refractivity contribution in [1.29, 1.82) is 0 Å². The fourth-order valence-electron chi connectivity index (χ4n) is 5.03. The van der Waals surface area contributed by atoms with Gasteiger partial charge in [-0.2, -0.15) is 0 Å². The second-order valence-corrected chi connectivity index (χ2v) is 7.83. The van der Waals surface area contributed by atoms with Gasteiger partial charge in [0, 0.05) is 23.5 Å². The maximum Gasteiger partial charge on any atom is 0.269 e. The molecule has 146 valence electrons. The molecule has 0 aliphatic heterocycles. The van der Waals surface area contributed by atoms with Crippen LogP contribution in [0.25, 0.3) is 0 Å². The molecule has 0 bridgehead atoms. The summed E-state index contributed by atoms with van der Waals surface area (Å²) in [5.74, 6) is 0.0847. The first kappa shape index (κ1) is 18.3. The Morgan fingerprint density at radius 1 is 0.733 bits per heavy atom. The van der Waals surface area contributed by atoms with Crippen LogP contribution in [0.2, 0.25) is 0 Å². The zero-order chi connectivity index (χ0) is 20.6. The van der Waals surface area contributed by atoms with Crippen molar-refractivity contribution in [2.75, 3.05) is 0 Å². The predicted octanol–water partition coefficient (Wildman–Crippen LogP) is 6.46. The standard InChI is InChI=1S/C27H21NO2/c29-28(30)23-15-9-10-20(18-23)25-19-27(21-11-3-1-4-12-21,22-13-5-2-6-14-22)26-17-8-7-16-24(25)26/h1-18,25H,19H2. The number of nitro groups is 1. The molecule has 1 atom stereocenters. The van der Waals surface area contributed by atoms with E-state index in [4.69, 9.17) is 0 Å². The van der Waals surface area contributed by atoms with E-state index >= 15 is 0 Å². The molecular weight excluding hydrogens is 370 g/mol. The third kappa shape index (κ3) is 2.82. The Kier molecular flexibility index (Phi) is 4.44. The Hall–Kier alpha value is -3.72. The minimum absolute atomic E-state index is 0.0847. The third-order valence-corrected chi connectivity index (χ3v) is 6.32. The van der Waals surface area contributed by atoms with E-state index in [1.165, 1.54) is 22.3 Å². The van der Waals surface area contributed by atoms with Crippen molar-refractivity contribution >= 4 is 5.69 Å². The second kappa shape index (κ2) is 7.27. The Labute approximate surface area is 175 Å². The van der Waals surface area contributed by atoms with Crippen molar-refractivity contribution in [3.63, 3.8) is 0 Å². The van der Waals surface area contributed by atoms with Crippen LogP contribution in [0.5, 0.6) is 0 Å². The average molecular weight is 391 g/mol. The summed E-state index contributed by atoms with van der Waals surface area (Å²) in [6, 6.07) is 36.9. The molecule has 1 unspecified atom stereocenters. The van der Waals surface area contributed by atoms with E-state index in [0.717, 1.165) is 12.0 Å². The van der Waals surface area contributed by atoms with Gasteiger partial charge in [0.1, 0.15) is 0 Å². The molecule has 4 aromatic rings. The fourth-order valence-corrected chi connectivity index (χ4v) is 5.03. The summed E-state index contributed by atoms with van der Waals surface area (Å²) < 4.78 is 0. The maximum atomic E-state index is 11.4. The lowest BCUT2D eigenvalue weighted by molar-refractivity contribution is -0.384. The van der Waals surface area contributed by atoms with Crippen molar-refractivity contribution in [3.05, 3.63) is 147 Å². The summed E-state index contributed by atoms with van der Waals surface area (Å²) in [6.45, 7) is 0. The van der Waals surface area contributed by atoms with Crippen LogP contribution in [-0.4, -0.2) is 4.92 Å². The Morgan fingerprint density at radius 3 is 1.97 bits per heavy atom. The monoisotopic (exact) mass is 391 g/mol. The first-order valence-corrected chi connectivity index (χ1v) is 10.1. The number of fused-ring (bicyclic) bond motifs is 1. The fraction of sp³-hybridized carbons (Fsp3) is 0.111. The zero-order valence-electron chi connectivity index (χ0n) is 16.4. The summed E-state index contributed by atoms with van der Waals surface area (Å²) in [5.41, 5.74) is 5.85. The summed E-state index contributed by atoms with van der Waals surface area (Å²) in [5, 5.41) is 11.4. The van der Waals surface area contributed by atoms with Gasteiger partial charge in [-0.15, -0.1) is 0 Å². The molecule has 1 aliphatic rings. The molecule has 0 saturated carbocycles. The average Bonchev–Trinajstić information content (AvgIpc) is 3.17. The molecule has 0 N–H and O–H groups in total. The van der Waals surface area contributed by atoms with Gasteiger partial charge < -0.3 is 0 Å². The lowest BCUT2D eigenvalue weighted by Crippen LogP contribution is -2.26. The molecule has 3 heteroatoms. The van der Waals surface area contributed by atoms with Crippen molar-refractivity contribution in [2.24, 2.45) is 0 Å². The van der Waals surface area contributed by atoms with Gasteiger partial charge in [-0.3, -0.25) is 10.1 Å². The molecule has 4 aromatic carbocycles. The number of rotatable bonds is 4. The highest BCUT2D eigenvalue weighted by Crippen LogP contribution is 2.55. The first-order chi connectivity index (χ1) is 14.7. The second-order valence-electron chi connectivity index (χ2n) is 7.83. The summed E-state index contributed by atoms with van der Waals surface area (Å²) in [6.07, 6.45) is 0.835. The van der Waals surface area contributed by atoms with E-state index in [-0.39, 0.29) is 21.9 Å². The summed E-state index contributed by atoms with van der Waals surface area (Å²) in [4.78, 5) is 11.1. The van der Waals surface area contributed by atoms with Gasteiger partial charge in [-0.1, -0.05) is 97.1 Å².